The van der Waals surface area contributed by atoms with E-state index in [1.165, 1.54) is 11.8 Å². The summed E-state index contributed by atoms with van der Waals surface area (Å²) in [5.41, 5.74) is 7.26. The zero-order chi connectivity index (χ0) is 28.2. The second kappa shape index (κ2) is 11.5. The molecule has 206 valence electrons. The lowest BCUT2D eigenvalue weighted by Gasteiger charge is -2.11. The monoisotopic (exact) mass is 562 g/mol. The van der Waals surface area contributed by atoms with E-state index < -0.39 is 9.84 Å². The topological polar surface area (TPSA) is 102 Å². The molecule has 9 heteroatoms. The average molecular weight is 563 g/mol. The summed E-state index contributed by atoms with van der Waals surface area (Å²) in [6.07, 6.45) is 4.72. The molecule has 2 N–H and O–H groups in total. The van der Waals surface area contributed by atoms with Crippen molar-refractivity contribution >= 4 is 43.1 Å². The average Bonchev–Trinajstić information content (AvgIpc) is 3.37. The minimum absolute atomic E-state index is 0.124. The maximum absolute atomic E-state index is 11.4. The number of aromatic nitrogens is 4. The summed E-state index contributed by atoms with van der Waals surface area (Å²) in [6, 6.07) is 30.9. The van der Waals surface area contributed by atoms with Crippen LogP contribution in [0.5, 0.6) is 0 Å². The highest BCUT2D eigenvalue weighted by Gasteiger charge is 2.10. The molecule has 0 spiro atoms. The molecule has 0 bridgehead atoms. The number of nitrogens with zero attached hydrogens (tertiary/aromatic N) is 4. The SMILES string of the molecule is CS(=O)(=O)CCNCc1cccc(-c2ccc3c(Nc4ccc5c(cnn5Cc5ccccc5)c4)ncnc3c2)c1. The number of anilines is 2. The van der Waals surface area contributed by atoms with E-state index in [-0.39, 0.29) is 5.75 Å². The summed E-state index contributed by atoms with van der Waals surface area (Å²) < 4.78 is 24.7. The van der Waals surface area contributed by atoms with Gasteiger partial charge in [0.2, 0.25) is 0 Å². The number of sulfone groups is 1. The molecule has 0 unspecified atom stereocenters. The zero-order valence-corrected chi connectivity index (χ0v) is 23.5. The number of hydrogen-bond acceptors (Lipinski definition) is 7. The van der Waals surface area contributed by atoms with Crippen LogP contribution in [0, 0.1) is 0 Å². The fourth-order valence-electron chi connectivity index (χ4n) is 4.87. The molecule has 0 aliphatic heterocycles. The van der Waals surface area contributed by atoms with Crippen LogP contribution in [-0.2, 0) is 22.9 Å². The lowest BCUT2D eigenvalue weighted by Crippen LogP contribution is -2.21. The molecule has 0 radical (unpaired) electrons. The van der Waals surface area contributed by atoms with Gasteiger partial charge in [0.05, 0.1) is 29.5 Å². The number of fused-ring (bicyclic) bond motifs is 2. The van der Waals surface area contributed by atoms with Gasteiger partial charge in [-0.25, -0.2) is 18.4 Å². The van der Waals surface area contributed by atoms with Crippen LogP contribution in [0.1, 0.15) is 11.1 Å². The molecule has 0 atom stereocenters. The van der Waals surface area contributed by atoms with Gasteiger partial charge in [-0.2, -0.15) is 5.10 Å². The van der Waals surface area contributed by atoms with Crippen LogP contribution in [0.15, 0.2) is 104 Å². The van der Waals surface area contributed by atoms with E-state index in [1.54, 1.807) is 6.33 Å². The van der Waals surface area contributed by atoms with Crippen molar-refractivity contribution in [3.05, 3.63) is 115 Å². The zero-order valence-electron chi connectivity index (χ0n) is 22.7. The molecule has 2 aromatic heterocycles. The smallest absolute Gasteiger partial charge is 0.148 e. The van der Waals surface area contributed by atoms with Gasteiger partial charge in [0.25, 0.3) is 0 Å². The predicted molar refractivity (Wildman–Crippen MR) is 165 cm³/mol. The predicted octanol–water partition coefficient (Wildman–Crippen LogP) is 5.57. The van der Waals surface area contributed by atoms with E-state index in [2.05, 4.69) is 74.2 Å². The Morgan fingerprint density at radius 1 is 0.829 bits per heavy atom. The van der Waals surface area contributed by atoms with Gasteiger partial charge in [0.1, 0.15) is 22.0 Å². The highest BCUT2D eigenvalue weighted by molar-refractivity contribution is 7.90. The van der Waals surface area contributed by atoms with E-state index in [9.17, 15) is 8.42 Å². The quantitative estimate of drug-likeness (QED) is 0.210. The molecule has 4 aromatic carbocycles. The number of rotatable bonds is 10. The van der Waals surface area contributed by atoms with E-state index in [4.69, 9.17) is 0 Å². The van der Waals surface area contributed by atoms with Gasteiger partial charge in [-0.05, 0) is 58.7 Å². The highest BCUT2D eigenvalue weighted by atomic mass is 32.2. The van der Waals surface area contributed by atoms with Crippen LogP contribution in [0.4, 0.5) is 11.5 Å². The molecule has 6 rings (SSSR count). The molecule has 0 saturated carbocycles. The summed E-state index contributed by atoms with van der Waals surface area (Å²) in [5, 5.41) is 13.3. The van der Waals surface area contributed by atoms with Crippen LogP contribution >= 0.6 is 0 Å². The van der Waals surface area contributed by atoms with Crippen LogP contribution in [-0.4, -0.2) is 46.7 Å². The van der Waals surface area contributed by atoms with Crippen molar-refractivity contribution in [2.24, 2.45) is 0 Å². The van der Waals surface area contributed by atoms with Gasteiger partial charge < -0.3 is 10.6 Å². The van der Waals surface area contributed by atoms with Gasteiger partial charge in [0, 0.05) is 35.8 Å². The van der Waals surface area contributed by atoms with E-state index in [0.717, 1.165) is 56.5 Å². The summed E-state index contributed by atoms with van der Waals surface area (Å²) in [4.78, 5) is 9.06. The molecular formula is C32H30N6O2S. The van der Waals surface area contributed by atoms with Gasteiger partial charge in [-0.1, -0.05) is 54.6 Å². The number of nitrogens with one attached hydrogen (secondary N) is 2. The Balaban J connectivity index is 1.19. The molecule has 0 saturated heterocycles. The van der Waals surface area contributed by atoms with E-state index in [1.807, 2.05) is 53.3 Å². The van der Waals surface area contributed by atoms with E-state index >= 15 is 0 Å². The minimum Gasteiger partial charge on any atom is -0.340 e. The molecule has 6 aromatic rings. The third-order valence-electron chi connectivity index (χ3n) is 6.96. The Hall–Kier alpha value is -4.60. The van der Waals surface area contributed by atoms with Gasteiger partial charge >= 0.3 is 0 Å². The largest absolute Gasteiger partial charge is 0.340 e. The van der Waals surface area contributed by atoms with Crippen molar-refractivity contribution in [3.63, 3.8) is 0 Å². The Morgan fingerprint density at radius 3 is 2.51 bits per heavy atom. The molecule has 8 nitrogen and oxygen atoms in total. The van der Waals surface area contributed by atoms with Crippen LogP contribution in [0.3, 0.4) is 0 Å². The Morgan fingerprint density at radius 2 is 1.66 bits per heavy atom. The van der Waals surface area contributed by atoms with Crippen LogP contribution < -0.4 is 10.6 Å². The Kier molecular flexibility index (Phi) is 7.45. The molecular weight excluding hydrogens is 532 g/mol. The standard InChI is InChI=1S/C32H30N6O2S/c1-41(39,40)15-14-33-19-24-8-5-9-25(16-24)26-10-12-29-30(18-26)34-22-35-32(29)37-28-11-13-31-27(17-28)20-36-38(31)21-23-6-3-2-4-7-23/h2-13,16-18,20,22,33H,14-15,19,21H2,1H3,(H,34,35,37). The first-order valence-corrected chi connectivity index (χ1v) is 15.5. The number of hydrogen-bond donors (Lipinski definition) is 2. The first-order valence-electron chi connectivity index (χ1n) is 13.4. The van der Waals surface area contributed by atoms with Gasteiger partial charge in [0.15, 0.2) is 0 Å². The third kappa shape index (κ3) is 6.42. The summed E-state index contributed by atoms with van der Waals surface area (Å²) in [6.45, 7) is 1.75. The molecule has 0 fully saturated rings. The maximum atomic E-state index is 11.4. The lowest BCUT2D eigenvalue weighted by molar-refractivity contribution is 0.596. The van der Waals surface area contributed by atoms with Gasteiger partial charge in [-0.15, -0.1) is 0 Å². The normalized spacial score (nSPS) is 11.7. The first kappa shape index (κ1) is 26.6. The molecule has 0 aliphatic rings. The molecule has 0 aliphatic carbocycles. The molecule has 41 heavy (non-hydrogen) atoms. The van der Waals surface area contributed by atoms with E-state index in [0.29, 0.717) is 13.1 Å². The first-order chi connectivity index (χ1) is 19.9. The van der Waals surface area contributed by atoms with Crippen molar-refractivity contribution in [1.29, 1.82) is 0 Å². The van der Waals surface area contributed by atoms with Crippen LogP contribution in [0.2, 0.25) is 0 Å². The fourth-order valence-corrected chi connectivity index (χ4v) is 5.39. The maximum Gasteiger partial charge on any atom is 0.148 e. The second-order valence-corrected chi connectivity index (χ2v) is 12.4. The molecule has 0 amide bonds. The van der Waals surface area contributed by atoms with Crippen molar-refractivity contribution in [2.45, 2.75) is 13.1 Å². The van der Waals surface area contributed by atoms with Crippen molar-refractivity contribution < 1.29 is 8.42 Å². The Labute approximate surface area is 239 Å². The third-order valence-corrected chi connectivity index (χ3v) is 7.90. The van der Waals surface area contributed by atoms with Crippen molar-refractivity contribution in [1.82, 2.24) is 25.1 Å². The summed E-state index contributed by atoms with van der Waals surface area (Å²) in [5.74, 6) is 0.862. The minimum atomic E-state index is -2.98. The Bertz CT molecular complexity index is 1940. The van der Waals surface area contributed by atoms with Crippen molar-refractivity contribution in [2.75, 3.05) is 23.9 Å². The summed E-state index contributed by atoms with van der Waals surface area (Å²) in [7, 11) is -2.98. The highest BCUT2D eigenvalue weighted by Crippen LogP contribution is 2.29. The second-order valence-electron chi connectivity index (χ2n) is 10.1. The number of benzene rings is 4. The van der Waals surface area contributed by atoms with Crippen LogP contribution in [0.25, 0.3) is 32.9 Å². The fraction of sp³-hybridized carbons (Fsp3) is 0.156. The van der Waals surface area contributed by atoms with Gasteiger partial charge in [-0.3, -0.25) is 4.68 Å². The molecule has 2 heterocycles. The van der Waals surface area contributed by atoms with Crippen molar-refractivity contribution in [3.8, 4) is 11.1 Å². The lowest BCUT2D eigenvalue weighted by atomic mass is 10.0. The summed E-state index contributed by atoms with van der Waals surface area (Å²) >= 11 is 0.